The summed E-state index contributed by atoms with van der Waals surface area (Å²) >= 11 is 3.36. The van der Waals surface area contributed by atoms with Gasteiger partial charge in [-0.15, -0.1) is 0 Å². The second-order valence-corrected chi connectivity index (χ2v) is 7.92. The molecule has 1 fully saturated rings. The van der Waals surface area contributed by atoms with E-state index in [1.165, 1.54) is 0 Å². The molecule has 112 valence electrons. The van der Waals surface area contributed by atoms with Gasteiger partial charge in [-0.2, -0.15) is 5.26 Å². The van der Waals surface area contributed by atoms with Crippen molar-refractivity contribution < 1.29 is 18.3 Å². The van der Waals surface area contributed by atoms with Crippen LogP contribution in [0.25, 0.3) is 0 Å². The lowest BCUT2D eigenvalue weighted by molar-refractivity contribution is -0.137. The second-order valence-electron chi connectivity index (χ2n) is 4.84. The van der Waals surface area contributed by atoms with Crippen molar-refractivity contribution >= 4 is 37.4 Å². The number of anilines is 1. The maximum Gasteiger partial charge on any atom is 0.305 e. The molecule has 1 aromatic rings. The van der Waals surface area contributed by atoms with Crippen molar-refractivity contribution in [3.05, 3.63) is 28.2 Å². The van der Waals surface area contributed by atoms with Crippen molar-refractivity contribution in [3.63, 3.8) is 0 Å². The van der Waals surface area contributed by atoms with Gasteiger partial charge in [0.2, 0.25) is 0 Å². The Labute approximate surface area is 131 Å². The van der Waals surface area contributed by atoms with E-state index in [0.29, 0.717) is 15.7 Å². The number of carbonyl (C=O) groups is 1. The predicted molar refractivity (Wildman–Crippen MR) is 80.9 cm³/mol. The van der Waals surface area contributed by atoms with E-state index in [9.17, 15) is 13.2 Å². The number of rotatable bonds is 3. The number of halogens is 1. The van der Waals surface area contributed by atoms with Gasteiger partial charge >= 0.3 is 5.97 Å². The van der Waals surface area contributed by atoms with Crippen LogP contribution >= 0.6 is 15.9 Å². The largest absolute Gasteiger partial charge is 0.481 e. The Morgan fingerprint density at radius 2 is 2.24 bits per heavy atom. The summed E-state index contributed by atoms with van der Waals surface area (Å²) in [5, 5.41) is 17.8. The zero-order valence-electron chi connectivity index (χ0n) is 11.0. The molecule has 1 aliphatic heterocycles. The summed E-state index contributed by atoms with van der Waals surface area (Å²) < 4.78 is 24.1. The van der Waals surface area contributed by atoms with Crippen LogP contribution < -0.4 is 4.90 Å². The average molecular weight is 373 g/mol. The minimum Gasteiger partial charge on any atom is -0.481 e. The molecule has 0 aliphatic carbocycles. The van der Waals surface area contributed by atoms with E-state index in [0.717, 1.165) is 0 Å². The Morgan fingerprint density at radius 1 is 1.52 bits per heavy atom. The molecule has 0 saturated carbocycles. The van der Waals surface area contributed by atoms with Crippen LogP contribution in [-0.4, -0.2) is 43.6 Å². The molecule has 0 bridgehead atoms. The first-order chi connectivity index (χ1) is 9.82. The van der Waals surface area contributed by atoms with E-state index in [1.54, 1.807) is 23.1 Å². The second kappa shape index (κ2) is 6.03. The highest BCUT2D eigenvalue weighted by Crippen LogP contribution is 2.31. The number of nitrogens with zero attached hydrogens (tertiary/aromatic N) is 2. The number of carboxylic acids is 1. The molecule has 6 nitrogen and oxygen atoms in total. The lowest BCUT2D eigenvalue weighted by atomic mass is 10.1. The molecule has 1 atom stereocenters. The van der Waals surface area contributed by atoms with Crippen LogP contribution in [0.5, 0.6) is 0 Å². The predicted octanol–water partition coefficient (Wildman–Crippen LogP) is 1.40. The third kappa shape index (κ3) is 3.74. The Bertz CT molecular complexity index is 711. The van der Waals surface area contributed by atoms with Crippen LogP contribution in [0.15, 0.2) is 22.7 Å². The van der Waals surface area contributed by atoms with Gasteiger partial charge in [0.15, 0.2) is 9.84 Å². The molecule has 1 N–H and O–H groups in total. The monoisotopic (exact) mass is 372 g/mol. The fraction of sp³-hybridized carbons (Fsp3) is 0.385. The minimum atomic E-state index is -3.22. The highest BCUT2D eigenvalue weighted by molar-refractivity contribution is 9.10. The van der Waals surface area contributed by atoms with Crippen molar-refractivity contribution in [2.45, 2.75) is 12.5 Å². The van der Waals surface area contributed by atoms with Crippen LogP contribution in [0.1, 0.15) is 12.0 Å². The molecular weight excluding hydrogens is 360 g/mol. The molecule has 0 radical (unpaired) electrons. The highest BCUT2D eigenvalue weighted by Gasteiger charge is 2.33. The number of benzene rings is 1. The Hall–Kier alpha value is -1.59. The molecular formula is C13H13BrN2O4S. The van der Waals surface area contributed by atoms with Gasteiger partial charge in [-0.1, -0.05) is 0 Å². The van der Waals surface area contributed by atoms with Crippen molar-refractivity contribution in [2.24, 2.45) is 0 Å². The first kappa shape index (κ1) is 15.8. The summed E-state index contributed by atoms with van der Waals surface area (Å²) in [5.74, 6) is -1.21. The number of hydrogen-bond acceptors (Lipinski definition) is 5. The quantitative estimate of drug-likeness (QED) is 0.860. The van der Waals surface area contributed by atoms with E-state index < -0.39 is 21.8 Å². The molecule has 2 rings (SSSR count). The number of aliphatic carboxylic acids is 1. The molecule has 1 heterocycles. The van der Waals surface area contributed by atoms with E-state index in [-0.39, 0.29) is 24.5 Å². The fourth-order valence-electron chi connectivity index (χ4n) is 2.38. The van der Waals surface area contributed by atoms with Gasteiger partial charge in [0.25, 0.3) is 0 Å². The van der Waals surface area contributed by atoms with Gasteiger partial charge in [-0.05, 0) is 34.1 Å². The summed E-state index contributed by atoms with van der Waals surface area (Å²) in [5.41, 5.74) is 1.18. The van der Waals surface area contributed by atoms with Crippen LogP contribution in [-0.2, 0) is 14.6 Å². The summed E-state index contributed by atoms with van der Waals surface area (Å²) in [6.07, 6.45) is -0.244. The minimum absolute atomic E-state index is 0.00440. The number of carboxylic acid groups (broad SMARTS) is 1. The van der Waals surface area contributed by atoms with Crippen LogP contribution in [0.4, 0.5) is 5.69 Å². The number of sulfone groups is 1. The van der Waals surface area contributed by atoms with Gasteiger partial charge < -0.3 is 10.0 Å². The van der Waals surface area contributed by atoms with Gasteiger partial charge in [0.1, 0.15) is 0 Å². The maximum absolute atomic E-state index is 11.7. The summed E-state index contributed by atoms with van der Waals surface area (Å²) in [6.45, 7) is 0.241. The van der Waals surface area contributed by atoms with Gasteiger partial charge in [-0.3, -0.25) is 4.79 Å². The van der Waals surface area contributed by atoms with Crippen molar-refractivity contribution in [1.29, 1.82) is 5.26 Å². The fourth-order valence-corrected chi connectivity index (χ4v) is 4.52. The lowest BCUT2D eigenvalue weighted by Crippen LogP contribution is -2.49. The Balaban J connectivity index is 2.36. The summed E-state index contributed by atoms with van der Waals surface area (Å²) in [6, 6.07) is 6.37. The van der Waals surface area contributed by atoms with E-state index in [2.05, 4.69) is 15.9 Å². The first-order valence-corrected chi connectivity index (χ1v) is 8.82. The Kier molecular flexibility index (Phi) is 4.54. The molecule has 0 spiro atoms. The number of nitriles is 1. The topological polar surface area (TPSA) is 98.5 Å². The molecule has 1 aliphatic rings. The third-order valence-corrected chi connectivity index (χ3v) is 5.66. The zero-order chi connectivity index (χ0) is 15.6. The number of hydrogen-bond donors (Lipinski definition) is 1. The smallest absolute Gasteiger partial charge is 0.305 e. The SMILES string of the molecule is N#Cc1ccc(N2CCS(=O)(=O)CC2CC(=O)O)c(Br)c1. The van der Waals surface area contributed by atoms with Crippen LogP contribution in [0.3, 0.4) is 0 Å². The van der Waals surface area contributed by atoms with Crippen molar-refractivity contribution in [3.8, 4) is 6.07 Å². The summed E-state index contributed by atoms with van der Waals surface area (Å²) in [4.78, 5) is 12.7. The van der Waals surface area contributed by atoms with Crippen molar-refractivity contribution in [1.82, 2.24) is 0 Å². The van der Waals surface area contributed by atoms with Crippen LogP contribution in [0, 0.1) is 11.3 Å². The standard InChI is InChI=1S/C13H13BrN2O4S/c14-11-5-9(7-15)1-2-12(11)16-3-4-21(19,20)8-10(16)6-13(17)18/h1-2,5,10H,3-4,6,8H2,(H,17,18). The Morgan fingerprint density at radius 3 is 2.81 bits per heavy atom. The molecule has 1 aromatic carbocycles. The van der Waals surface area contributed by atoms with E-state index >= 15 is 0 Å². The van der Waals surface area contributed by atoms with E-state index in [1.807, 2.05) is 6.07 Å². The van der Waals surface area contributed by atoms with Gasteiger partial charge in [0, 0.05) is 11.0 Å². The average Bonchev–Trinajstić information content (AvgIpc) is 2.38. The maximum atomic E-state index is 11.7. The third-order valence-electron chi connectivity index (χ3n) is 3.33. The van der Waals surface area contributed by atoms with Crippen LogP contribution in [0.2, 0.25) is 0 Å². The van der Waals surface area contributed by atoms with Crippen molar-refractivity contribution in [2.75, 3.05) is 23.0 Å². The van der Waals surface area contributed by atoms with E-state index in [4.69, 9.17) is 10.4 Å². The molecule has 1 saturated heterocycles. The first-order valence-electron chi connectivity index (χ1n) is 6.21. The zero-order valence-corrected chi connectivity index (χ0v) is 13.4. The molecule has 21 heavy (non-hydrogen) atoms. The molecule has 0 aromatic heterocycles. The lowest BCUT2D eigenvalue weighted by Gasteiger charge is -2.37. The normalized spacial score (nSPS) is 20.8. The highest BCUT2D eigenvalue weighted by atomic mass is 79.9. The molecule has 8 heteroatoms. The van der Waals surface area contributed by atoms with Gasteiger partial charge in [-0.25, -0.2) is 8.42 Å². The molecule has 1 unspecified atom stereocenters. The van der Waals surface area contributed by atoms with Gasteiger partial charge in [0.05, 0.1) is 41.3 Å². The molecule has 0 amide bonds. The summed E-state index contributed by atoms with van der Waals surface area (Å²) in [7, 11) is -3.22.